The molecule has 0 saturated heterocycles. The number of nitro groups is 1. The lowest BCUT2D eigenvalue weighted by Crippen LogP contribution is -2.36. The van der Waals surface area contributed by atoms with Crippen LogP contribution in [0, 0.1) is 17.0 Å². The normalized spacial score (nSPS) is 10.8. The van der Waals surface area contributed by atoms with E-state index >= 15 is 0 Å². The number of carbonyl (C=O) groups excluding carboxylic acids is 1. The van der Waals surface area contributed by atoms with Gasteiger partial charge < -0.3 is 14.1 Å². The van der Waals surface area contributed by atoms with Gasteiger partial charge in [0.25, 0.3) is 5.91 Å². The Morgan fingerprint density at radius 3 is 2.59 bits per heavy atom. The molecule has 0 bridgehead atoms. The number of fused-ring (bicyclic) bond motifs is 1. The number of anilines is 1. The number of aromatic nitrogens is 1. The van der Waals surface area contributed by atoms with Gasteiger partial charge in [0.2, 0.25) is 0 Å². The van der Waals surface area contributed by atoms with Crippen molar-refractivity contribution in [3.05, 3.63) is 45.7 Å². The maximum Gasteiger partial charge on any atom is 0.433 e. The fraction of sp³-hybridized carbons (Fsp3) is 0.333. The highest BCUT2D eigenvalue weighted by Gasteiger charge is 2.27. The molecule has 0 aliphatic rings. The van der Waals surface area contributed by atoms with Crippen molar-refractivity contribution >= 4 is 50.9 Å². The largest absolute Gasteiger partial charge is 0.494 e. The van der Waals surface area contributed by atoms with Crippen LogP contribution in [0.5, 0.6) is 5.75 Å². The Morgan fingerprint density at radius 1 is 1.28 bits per heavy atom. The monoisotopic (exact) mass is 440 g/mol. The lowest BCUT2D eigenvalue weighted by Gasteiger charge is -2.20. The number of halogens is 1. The van der Waals surface area contributed by atoms with Gasteiger partial charge >= 0.3 is 5.88 Å². The van der Waals surface area contributed by atoms with Crippen LogP contribution in [0.2, 0.25) is 0 Å². The molecule has 3 aromatic rings. The zero-order valence-electron chi connectivity index (χ0n) is 16.4. The predicted octanol–water partition coefficient (Wildman–Crippen LogP) is 3.74. The quantitative estimate of drug-likeness (QED) is 0.407. The molecule has 29 heavy (non-hydrogen) atoms. The van der Waals surface area contributed by atoms with Gasteiger partial charge in [0.1, 0.15) is 16.2 Å². The number of carbonyl (C=O) groups is 1. The molecule has 0 aliphatic carbocycles. The van der Waals surface area contributed by atoms with E-state index in [1.165, 1.54) is 28.4 Å². The second-order valence-electron chi connectivity index (χ2n) is 6.41. The van der Waals surface area contributed by atoms with E-state index in [4.69, 9.17) is 9.15 Å². The highest BCUT2D eigenvalue weighted by atomic mass is 35.5. The Kier molecular flexibility index (Phi) is 7.17. The van der Waals surface area contributed by atoms with E-state index in [1.807, 2.05) is 38.1 Å². The first-order valence-corrected chi connectivity index (χ1v) is 9.28. The molecular formula is C18H21ClN4O5S. The van der Waals surface area contributed by atoms with Gasteiger partial charge in [-0.3, -0.25) is 19.8 Å². The van der Waals surface area contributed by atoms with Gasteiger partial charge in [-0.05, 0) is 38.7 Å². The second-order valence-corrected chi connectivity index (χ2v) is 7.39. The third kappa shape index (κ3) is 4.66. The molecule has 0 radical (unpaired) electrons. The minimum atomic E-state index is -0.674. The summed E-state index contributed by atoms with van der Waals surface area (Å²) in [4.78, 5) is 31.3. The Hall–Kier alpha value is -2.69. The summed E-state index contributed by atoms with van der Waals surface area (Å²) in [5.41, 5.74) is 1.70. The third-order valence-electron chi connectivity index (χ3n) is 4.14. The number of likely N-dealkylation sites (N-methyl/N-ethyl adjacent to an activating group) is 1. The Morgan fingerprint density at radius 2 is 2.00 bits per heavy atom. The smallest absolute Gasteiger partial charge is 0.433 e. The summed E-state index contributed by atoms with van der Waals surface area (Å²) >= 11 is 1.37. The lowest BCUT2D eigenvalue weighted by molar-refractivity contribution is -0.402. The van der Waals surface area contributed by atoms with Crippen LogP contribution >= 0.6 is 23.7 Å². The van der Waals surface area contributed by atoms with Crippen LogP contribution in [0.1, 0.15) is 16.1 Å². The average molecular weight is 441 g/mol. The summed E-state index contributed by atoms with van der Waals surface area (Å²) in [6.07, 6.45) is 0. The van der Waals surface area contributed by atoms with Crippen LogP contribution in [0.25, 0.3) is 10.2 Å². The van der Waals surface area contributed by atoms with Crippen molar-refractivity contribution in [1.29, 1.82) is 0 Å². The first-order valence-electron chi connectivity index (χ1n) is 8.46. The van der Waals surface area contributed by atoms with E-state index in [0.717, 1.165) is 10.3 Å². The molecular weight excluding hydrogens is 420 g/mol. The number of amides is 1. The molecule has 0 atom stereocenters. The van der Waals surface area contributed by atoms with Gasteiger partial charge in [0.05, 0.1) is 17.9 Å². The summed E-state index contributed by atoms with van der Waals surface area (Å²) in [6, 6.07) is 6.25. The first-order chi connectivity index (χ1) is 13.3. The van der Waals surface area contributed by atoms with Gasteiger partial charge in [-0.25, -0.2) is 4.98 Å². The molecule has 9 nitrogen and oxygen atoms in total. The van der Waals surface area contributed by atoms with Gasteiger partial charge in [-0.2, -0.15) is 0 Å². The van der Waals surface area contributed by atoms with Gasteiger partial charge in [0, 0.05) is 13.1 Å². The van der Waals surface area contributed by atoms with E-state index in [-0.39, 0.29) is 18.2 Å². The van der Waals surface area contributed by atoms with E-state index in [0.29, 0.717) is 29.5 Å². The molecule has 3 rings (SSSR count). The summed E-state index contributed by atoms with van der Waals surface area (Å²) < 4.78 is 11.4. The van der Waals surface area contributed by atoms with Crippen LogP contribution in [-0.2, 0) is 0 Å². The molecule has 1 amide bonds. The molecule has 0 fully saturated rings. The number of thiazole rings is 1. The van der Waals surface area contributed by atoms with E-state index in [2.05, 4.69) is 4.98 Å². The van der Waals surface area contributed by atoms with Crippen molar-refractivity contribution in [1.82, 2.24) is 9.88 Å². The molecule has 0 unspecified atom stereocenters. The Labute approximate surface area is 177 Å². The van der Waals surface area contributed by atoms with Crippen molar-refractivity contribution in [2.75, 3.05) is 39.2 Å². The molecule has 2 aromatic heterocycles. The Balaban J connectivity index is 0.00000300. The predicted molar refractivity (Wildman–Crippen MR) is 114 cm³/mol. The zero-order valence-corrected chi connectivity index (χ0v) is 18.0. The summed E-state index contributed by atoms with van der Waals surface area (Å²) in [7, 11) is 5.36. The fourth-order valence-corrected chi connectivity index (χ4v) is 3.71. The standard InChI is InChI=1S/C18H20N4O5S.ClH/c1-11-5-6-12(26-4)15-16(11)28-18(19-15)21(10-9-20(2)3)17(23)13-7-8-14(27-13)22(24)25;/h5-8H,9-10H2,1-4H3;1H. The number of aryl methyl sites for hydroxylation is 1. The highest BCUT2D eigenvalue weighted by Crippen LogP contribution is 2.37. The number of ether oxygens (including phenoxy) is 1. The van der Waals surface area contributed by atoms with Crippen molar-refractivity contribution in [2.24, 2.45) is 0 Å². The van der Waals surface area contributed by atoms with Crippen molar-refractivity contribution < 1.29 is 18.9 Å². The molecule has 0 aliphatic heterocycles. The molecule has 0 spiro atoms. The minimum Gasteiger partial charge on any atom is -0.494 e. The van der Waals surface area contributed by atoms with Crippen LogP contribution in [0.3, 0.4) is 0 Å². The van der Waals surface area contributed by atoms with Crippen molar-refractivity contribution in [2.45, 2.75) is 6.92 Å². The molecule has 2 heterocycles. The fourth-order valence-electron chi connectivity index (χ4n) is 2.64. The minimum absolute atomic E-state index is 0. The lowest BCUT2D eigenvalue weighted by atomic mass is 10.2. The number of benzene rings is 1. The topological polar surface area (TPSA) is 102 Å². The van der Waals surface area contributed by atoms with Crippen LogP contribution in [0.4, 0.5) is 11.0 Å². The number of nitrogens with zero attached hydrogens (tertiary/aromatic N) is 4. The van der Waals surface area contributed by atoms with Crippen molar-refractivity contribution in [3.63, 3.8) is 0 Å². The van der Waals surface area contributed by atoms with Gasteiger partial charge in [-0.15, -0.1) is 12.4 Å². The summed E-state index contributed by atoms with van der Waals surface area (Å²) in [6.45, 7) is 2.90. The number of furan rings is 1. The maximum atomic E-state index is 13.0. The maximum absolute atomic E-state index is 13.0. The third-order valence-corrected chi connectivity index (χ3v) is 5.36. The summed E-state index contributed by atoms with van der Waals surface area (Å²) in [5, 5.41) is 11.4. The Bertz CT molecular complexity index is 1030. The SMILES string of the molecule is COc1ccc(C)c2sc(N(CCN(C)C)C(=O)c3ccc([N+](=O)[O-])o3)nc12.Cl. The molecule has 0 N–H and O–H groups in total. The van der Waals surface area contributed by atoms with Crippen LogP contribution < -0.4 is 9.64 Å². The highest BCUT2D eigenvalue weighted by molar-refractivity contribution is 7.22. The van der Waals surface area contributed by atoms with Gasteiger partial charge in [-0.1, -0.05) is 17.4 Å². The summed E-state index contributed by atoms with van der Waals surface area (Å²) in [5.74, 6) is -0.437. The van der Waals surface area contributed by atoms with Gasteiger partial charge in [0.15, 0.2) is 10.9 Å². The molecule has 156 valence electrons. The molecule has 11 heteroatoms. The van der Waals surface area contributed by atoms with E-state index in [9.17, 15) is 14.9 Å². The number of hydrogen-bond donors (Lipinski definition) is 0. The van der Waals surface area contributed by atoms with Crippen molar-refractivity contribution in [3.8, 4) is 5.75 Å². The average Bonchev–Trinajstić information content (AvgIpc) is 3.30. The first kappa shape index (κ1) is 22.6. The van der Waals surface area contributed by atoms with Crippen LogP contribution in [0.15, 0.2) is 28.7 Å². The molecule has 1 aromatic carbocycles. The molecule has 0 saturated carbocycles. The second kappa shape index (κ2) is 9.21. The van der Waals surface area contributed by atoms with E-state index < -0.39 is 16.7 Å². The number of methoxy groups -OCH3 is 1. The van der Waals surface area contributed by atoms with Crippen LogP contribution in [-0.4, -0.2) is 55.0 Å². The number of hydrogen-bond acceptors (Lipinski definition) is 8. The number of rotatable bonds is 7. The van der Waals surface area contributed by atoms with E-state index in [1.54, 1.807) is 7.11 Å². The zero-order chi connectivity index (χ0) is 20.4.